The van der Waals surface area contributed by atoms with Crippen molar-refractivity contribution in [1.82, 2.24) is 0 Å². The van der Waals surface area contributed by atoms with Crippen LogP contribution in [0.5, 0.6) is 0 Å². The van der Waals surface area contributed by atoms with E-state index < -0.39 is 0 Å². The standard InChI is InChI=1S/C22H22N2O.2ClH.Fe/c1-3-17-7-5-9-19(13-17)23-15-21-11-12-22(25-21)16-24-20-10-6-8-18(4-2)14-20;;;/h5-16H,3-4H2,1-2H3;2*1H;/q;;;+2/p-2. The van der Waals surface area contributed by atoms with Gasteiger partial charge in [0.2, 0.25) is 0 Å². The summed E-state index contributed by atoms with van der Waals surface area (Å²) < 4.78 is 5.74. The van der Waals surface area contributed by atoms with E-state index in [9.17, 15) is 0 Å². The van der Waals surface area contributed by atoms with Crippen molar-refractivity contribution >= 4 is 44.0 Å². The van der Waals surface area contributed by atoms with Gasteiger partial charge in [-0.15, -0.1) is 0 Å². The fourth-order valence-corrected chi connectivity index (χ4v) is 2.50. The van der Waals surface area contributed by atoms with Crippen LogP contribution in [0, 0.1) is 0 Å². The Morgan fingerprint density at radius 1 is 0.786 bits per heavy atom. The molecule has 0 radical (unpaired) electrons. The fraction of sp³-hybridized carbons (Fsp3) is 0.182. The number of furan rings is 1. The van der Waals surface area contributed by atoms with Gasteiger partial charge < -0.3 is 4.42 Å². The third-order valence-electron chi connectivity index (χ3n) is 3.97. The first-order valence-corrected chi connectivity index (χ1v) is 11.9. The first-order chi connectivity index (χ1) is 13.7. The first kappa shape index (κ1) is 22.4. The van der Waals surface area contributed by atoms with Crippen molar-refractivity contribution in [2.45, 2.75) is 26.7 Å². The monoisotopic (exact) mass is 456 g/mol. The third-order valence-corrected chi connectivity index (χ3v) is 3.97. The SMILES string of the molecule is CCc1cccc(N=Cc2ccc(C=Nc3cccc(CC)c3)o2)c1.[Cl][Fe][Cl]. The van der Waals surface area contributed by atoms with Crippen LogP contribution in [0.25, 0.3) is 0 Å². The zero-order valence-corrected chi connectivity index (χ0v) is 18.4. The summed E-state index contributed by atoms with van der Waals surface area (Å²) in [5, 5.41) is 0. The molecule has 1 heterocycles. The maximum absolute atomic E-state index is 5.74. The average Bonchev–Trinajstić information content (AvgIpc) is 3.19. The second-order valence-electron chi connectivity index (χ2n) is 5.85. The topological polar surface area (TPSA) is 37.9 Å². The Morgan fingerprint density at radius 2 is 1.21 bits per heavy atom. The molecule has 148 valence electrons. The van der Waals surface area contributed by atoms with Crippen LogP contribution in [-0.2, 0) is 26.0 Å². The van der Waals surface area contributed by atoms with Gasteiger partial charge in [-0.2, -0.15) is 0 Å². The number of aryl methyl sites for hydroxylation is 2. The summed E-state index contributed by atoms with van der Waals surface area (Å²) >= 11 is 0.194. The van der Waals surface area contributed by atoms with Crippen molar-refractivity contribution in [3.05, 3.63) is 83.3 Å². The number of halogens is 2. The molecule has 0 aliphatic carbocycles. The maximum atomic E-state index is 5.74. The molecule has 0 atom stereocenters. The van der Waals surface area contributed by atoms with Crippen LogP contribution in [0.3, 0.4) is 0 Å². The van der Waals surface area contributed by atoms with E-state index in [-0.39, 0.29) is 13.1 Å². The molecule has 2 aromatic carbocycles. The molecule has 3 rings (SSSR count). The number of aliphatic imine (C=N–C) groups is 2. The minimum absolute atomic E-state index is 0.194. The zero-order chi connectivity index (χ0) is 20.2. The molecule has 1 aromatic heterocycles. The van der Waals surface area contributed by atoms with Gasteiger partial charge in [-0.3, -0.25) is 9.98 Å². The Hall–Kier alpha value is -1.84. The van der Waals surface area contributed by atoms with Crippen LogP contribution < -0.4 is 0 Å². The summed E-state index contributed by atoms with van der Waals surface area (Å²) in [6.45, 7) is 4.27. The molecular formula is C22H22Cl2FeN2O. The number of nitrogens with zero attached hydrogens (tertiary/aromatic N) is 2. The van der Waals surface area contributed by atoms with Crippen molar-refractivity contribution in [3.8, 4) is 0 Å². The quantitative estimate of drug-likeness (QED) is 0.283. The molecule has 0 N–H and O–H groups in total. The number of rotatable bonds is 6. The van der Waals surface area contributed by atoms with Gasteiger partial charge in [0.1, 0.15) is 11.5 Å². The van der Waals surface area contributed by atoms with Gasteiger partial charge in [0.25, 0.3) is 0 Å². The van der Waals surface area contributed by atoms with Crippen LogP contribution in [0.15, 0.2) is 75.1 Å². The normalized spacial score (nSPS) is 11.1. The predicted octanol–water partition coefficient (Wildman–Crippen LogP) is 7.28. The van der Waals surface area contributed by atoms with Crippen molar-refractivity contribution in [2.75, 3.05) is 0 Å². The minimum atomic E-state index is 0.194. The van der Waals surface area contributed by atoms with E-state index in [1.165, 1.54) is 11.1 Å². The van der Waals surface area contributed by atoms with E-state index >= 15 is 0 Å². The third kappa shape index (κ3) is 7.65. The summed E-state index contributed by atoms with van der Waals surface area (Å²) in [6, 6.07) is 20.2. The Morgan fingerprint density at radius 3 is 1.61 bits per heavy atom. The van der Waals surface area contributed by atoms with Crippen LogP contribution >= 0.6 is 20.2 Å². The summed E-state index contributed by atoms with van der Waals surface area (Å²) in [5.41, 5.74) is 4.41. The predicted molar refractivity (Wildman–Crippen MR) is 117 cm³/mol. The van der Waals surface area contributed by atoms with Crippen LogP contribution in [0.2, 0.25) is 0 Å². The van der Waals surface area contributed by atoms with Gasteiger partial charge in [0, 0.05) is 0 Å². The van der Waals surface area contributed by atoms with Crippen molar-refractivity contribution in [1.29, 1.82) is 0 Å². The molecule has 0 spiro atoms. The second-order valence-corrected chi connectivity index (χ2v) is 7.68. The molecule has 3 aromatic rings. The molecule has 0 aliphatic rings. The Bertz CT molecular complexity index is 850. The first-order valence-electron chi connectivity index (χ1n) is 8.89. The molecule has 0 bridgehead atoms. The van der Waals surface area contributed by atoms with E-state index in [2.05, 4.69) is 48.1 Å². The van der Waals surface area contributed by atoms with E-state index in [4.69, 9.17) is 24.6 Å². The van der Waals surface area contributed by atoms with E-state index in [0.29, 0.717) is 11.5 Å². The van der Waals surface area contributed by atoms with Crippen LogP contribution in [0.4, 0.5) is 11.4 Å². The van der Waals surface area contributed by atoms with Crippen molar-refractivity contribution in [3.63, 3.8) is 0 Å². The molecule has 0 saturated carbocycles. The summed E-state index contributed by atoms with van der Waals surface area (Å²) in [5.74, 6) is 1.43. The molecule has 0 aliphatic heterocycles. The van der Waals surface area contributed by atoms with E-state index in [0.717, 1.165) is 24.2 Å². The molecule has 0 saturated heterocycles. The number of benzene rings is 2. The van der Waals surface area contributed by atoms with Gasteiger partial charge in [-0.1, -0.05) is 38.1 Å². The van der Waals surface area contributed by atoms with Gasteiger partial charge >= 0.3 is 33.3 Å². The number of hydrogen-bond donors (Lipinski definition) is 0. The Balaban J connectivity index is 0.000000878. The van der Waals surface area contributed by atoms with E-state index in [1.807, 2.05) is 36.4 Å². The second kappa shape index (κ2) is 12.6. The summed E-state index contributed by atoms with van der Waals surface area (Å²) in [7, 11) is 9.53. The molecule has 6 heteroatoms. The van der Waals surface area contributed by atoms with Crippen molar-refractivity contribution in [2.24, 2.45) is 9.98 Å². The fourth-order valence-electron chi connectivity index (χ4n) is 2.50. The average molecular weight is 457 g/mol. The molecule has 0 fully saturated rings. The van der Waals surface area contributed by atoms with Gasteiger partial charge in [-0.25, -0.2) is 0 Å². The Kier molecular flexibility index (Phi) is 10.1. The molecule has 0 unspecified atom stereocenters. The van der Waals surface area contributed by atoms with Gasteiger partial charge in [0.05, 0.1) is 23.8 Å². The van der Waals surface area contributed by atoms with Gasteiger partial charge in [-0.05, 0) is 60.4 Å². The molecule has 0 amide bonds. The molecule has 3 nitrogen and oxygen atoms in total. The van der Waals surface area contributed by atoms with E-state index in [1.54, 1.807) is 12.4 Å². The molecular weight excluding hydrogens is 435 g/mol. The van der Waals surface area contributed by atoms with Crippen LogP contribution in [0.1, 0.15) is 36.5 Å². The summed E-state index contributed by atoms with van der Waals surface area (Å²) in [4.78, 5) is 8.95. The van der Waals surface area contributed by atoms with Crippen LogP contribution in [-0.4, -0.2) is 12.4 Å². The Labute approximate surface area is 181 Å². The molecule has 28 heavy (non-hydrogen) atoms. The summed E-state index contributed by atoms with van der Waals surface area (Å²) in [6.07, 6.45) is 5.49. The van der Waals surface area contributed by atoms with Gasteiger partial charge in [0.15, 0.2) is 0 Å². The number of hydrogen-bond acceptors (Lipinski definition) is 3. The van der Waals surface area contributed by atoms with Crippen molar-refractivity contribution < 1.29 is 17.6 Å². The zero-order valence-electron chi connectivity index (χ0n) is 15.8.